The molecule has 14 nitrogen and oxygen atoms in total. The molecule has 2 unspecified atom stereocenters. The fraction of sp³-hybridized carbons (Fsp3) is 0.500. The maximum absolute atomic E-state index is 14.6. The van der Waals surface area contributed by atoms with E-state index in [0.29, 0.717) is 25.1 Å². The van der Waals surface area contributed by atoms with Gasteiger partial charge in [0.25, 0.3) is 5.91 Å². The third-order valence-electron chi connectivity index (χ3n) is 11.8. The number of tetrazole rings is 1. The number of alkyl carbamates (subject to hydrolysis) is 1. The van der Waals surface area contributed by atoms with E-state index in [4.69, 9.17) is 9.84 Å². The molecule has 6 atom stereocenters. The van der Waals surface area contributed by atoms with Crippen LogP contribution in [0.4, 0.5) is 4.79 Å². The number of aromatic nitrogens is 4. The van der Waals surface area contributed by atoms with Crippen LogP contribution in [-0.2, 0) is 29.1 Å². The standard InChI is InChI=1S/C42H51N7O7S/c1-4-12-29-25-42(29,40(52)47-57(54,55)32-21-22-32)44-39(51)35-24-30(23-34(35)37(50)36(26(2)3)43-41(53)56-31-16-9-10-17-31)49-46-38(45-48-49)33-18-11-8-15-28(33)20-19-27-13-6-5-7-14-27/h4-8,11,13-15,18-20,26,29-32,34-36H,1,9-10,12,16-17,21-25H2,2-3H3,(H,43,53)(H,44,51)(H,47,52)/b20-19+/t29-,30+,34?,35-,36?,42+/m1/s1. The number of Topliss-reactive ketones (excluding diaryl/α,β-unsaturated/α-hetero) is 1. The van der Waals surface area contributed by atoms with Gasteiger partial charge in [0.2, 0.25) is 21.8 Å². The van der Waals surface area contributed by atoms with Crippen molar-refractivity contribution in [3.05, 3.63) is 78.4 Å². The van der Waals surface area contributed by atoms with E-state index < -0.39 is 62.6 Å². The van der Waals surface area contributed by atoms with Crippen LogP contribution in [0.2, 0.25) is 0 Å². The Balaban J connectivity index is 1.15. The van der Waals surface area contributed by atoms with Gasteiger partial charge in [-0.1, -0.05) is 86.7 Å². The van der Waals surface area contributed by atoms with Gasteiger partial charge in [-0.15, -0.1) is 16.8 Å². The number of nitrogens with zero attached hydrogens (tertiary/aromatic N) is 4. The van der Waals surface area contributed by atoms with E-state index in [9.17, 15) is 27.6 Å². The summed E-state index contributed by atoms with van der Waals surface area (Å²) in [5.41, 5.74) is 1.17. The van der Waals surface area contributed by atoms with Crippen molar-refractivity contribution in [1.82, 2.24) is 35.6 Å². The maximum atomic E-state index is 14.6. The molecule has 4 aliphatic carbocycles. The normalized spacial score (nSPS) is 25.2. The summed E-state index contributed by atoms with van der Waals surface area (Å²) in [6, 6.07) is 16.1. The number of amides is 3. The van der Waals surface area contributed by atoms with Crippen LogP contribution in [0.3, 0.4) is 0 Å². The Hall–Kier alpha value is -5.18. The van der Waals surface area contributed by atoms with Crippen LogP contribution in [0.25, 0.3) is 23.5 Å². The lowest BCUT2D eigenvalue weighted by Crippen LogP contribution is -2.55. The Kier molecular flexibility index (Phi) is 11.8. The van der Waals surface area contributed by atoms with Crippen molar-refractivity contribution in [2.75, 3.05) is 0 Å². The highest BCUT2D eigenvalue weighted by Gasteiger charge is 2.62. The first-order valence-electron chi connectivity index (χ1n) is 20.0. The number of nitrogens with one attached hydrogen (secondary N) is 3. The van der Waals surface area contributed by atoms with Gasteiger partial charge in [0.05, 0.1) is 17.3 Å². The van der Waals surface area contributed by atoms with E-state index in [-0.39, 0.29) is 43.0 Å². The zero-order valence-corrected chi connectivity index (χ0v) is 33.2. The average Bonchev–Trinajstić information content (AvgIpc) is 3.94. The smallest absolute Gasteiger partial charge is 0.408 e. The zero-order chi connectivity index (χ0) is 40.3. The first kappa shape index (κ1) is 40.0. The number of hydrogen-bond donors (Lipinski definition) is 3. The van der Waals surface area contributed by atoms with Crippen LogP contribution in [-0.4, -0.2) is 75.3 Å². The Bertz CT molecular complexity index is 2130. The van der Waals surface area contributed by atoms with Crippen LogP contribution in [0, 0.1) is 23.7 Å². The van der Waals surface area contributed by atoms with Crippen molar-refractivity contribution < 1.29 is 32.3 Å². The van der Waals surface area contributed by atoms with E-state index >= 15 is 0 Å². The second-order valence-corrected chi connectivity index (χ2v) is 18.2. The van der Waals surface area contributed by atoms with E-state index in [1.54, 1.807) is 6.08 Å². The van der Waals surface area contributed by atoms with Crippen LogP contribution in [0.1, 0.15) is 95.2 Å². The molecule has 0 spiro atoms. The van der Waals surface area contributed by atoms with Crippen molar-refractivity contribution in [3.63, 3.8) is 0 Å². The maximum Gasteiger partial charge on any atom is 0.408 e. The van der Waals surface area contributed by atoms with Crippen LogP contribution in [0.5, 0.6) is 0 Å². The number of sulfonamides is 1. The number of allylic oxidation sites excluding steroid dienone is 1. The molecule has 0 aliphatic heterocycles. The summed E-state index contributed by atoms with van der Waals surface area (Å²) in [5.74, 6) is -3.89. The molecule has 4 aliphatic rings. The minimum Gasteiger partial charge on any atom is -0.446 e. The molecule has 1 heterocycles. The van der Waals surface area contributed by atoms with Crippen LogP contribution >= 0.6 is 0 Å². The molecule has 3 aromatic rings. The quantitative estimate of drug-likeness (QED) is 0.125. The lowest BCUT2D eigenvalue weighted by Gasteiger charge is -2.28. The first-order valence-corrected chi connectivity index (χ1v) is 21.5. The first-order chi connectivity index (χ1) is 27.4. The number of carbonyl (C=O) groups excluding carboxylic acids is 4. The van der Waals surface area contributed by atoms with Gasteiger partial charge in [-0.05, 0) is 92.4 Å². The largest absolute Gasteiger partial charge is 0.446 e. The van der Waals surface area contributed by atoms with Crippen LogP contribution < -0.4 is 15.4 Å². The minimum absolute atomic E-state index is 0.134. The van der Waals surface area contributed by atoms with Gasteiger partial charge in [-0.2, -0.15) is 4.80 Å². The van der Waals surface area contributed by atoms with Crippen LogP contribution in [0.15, 0.2) is 67.3 Å². The molecule has 1 aromatic heterocycles. The van der Waals surface area contributed by atoms with Gasteiger partial charge in [0.15, 0.2) is 5.78 Å². The molecule has 0 saturated heterocycles. The van der Waals surface area contributed by atoms with Gasteiger partial charge < -0.3 is 15.4 Å². The summed E-state index contributed by atoms with van der Waals surface area (Å²) < 4.78 is 33.5. The van der Waals surface area contributed by atoms with E-state index in [2.05, 4.69) is 32.2 Å². The average molecular weight is 798 g/mol. The lowest BCUT2D eigenvalue weighted by molar-refractivity contribution is -0.136. The monoisotopic (exact) mass is 797 g/mol. The molecule has 7 rings (SSSR count). The summed E-state index contributed by atoms with van der Waals surface area (Å²) in [6.45, 7) is 7.42. The Morgan fingerprint density at radius 2 is 1.67 bits per heavy atom. The summed E-state index contributed by atoms with van der Waals surface area (Å²) in [7, 11) is -3.89. The third-order valence-corrected chi connectivity index (χ3v) is 13.6. The molecular formula is C42H51N7O7S. The molecule has 57 heavy (non-hydrogen) atoms. The number of benzene rings is 2. The number of ether oxygens (including phenoxy) is 1. The van der Waals surface area contributed by atoms with E-state index in [1.807, 2.05) is 80.6 Å². The summed E-state index contributed by atoms with van der Waals surface area (Å²) >= 11 is 0. The van der Waals surface area contributed by atoms with Crippen molar-refractivity contribution >= 4 is 45.9 Å². The summed E-state index contributed by atoms with van der Waals surface area (Å²) in [5, 5.41) is 18.6. The molecule has 4 saturated carbocycles. The van der Waals surface area contributed by atoms with E-state index in [1.165, 1.54) is 4.80 Å². The van der Waals surface area contributed by atoms with E-state index in [0.717, 1.165) is 42.4 Å². The lowest BCUT2D eigenvalue weighted by atomic mass is 9.84. The van der Waals surface area contributed by atoms with Crippen molar-refractivity contribution in [1.29, 1.82) is 0 Å². The second kappa shape index (κ2) is 16.7. The van der Waals surface area contributed by atoms with Crippen molar-refractivity contribution in [3.8, 4) is 11.4 Å². The summed E-state index contributed by atoms with van der Waals surface area (Å²) in [6.07, 6.45) is 10.0. The highest BCUT2D eigenvalue weighted by Crippen LogP contribution is 2.48. The Morgan fingerprint density at radius 1 is 0.965 bits per heavy atom. The molecule has 0 bridgehead atoms. The van der Waals surface area contributed by atoms with Crippen molar-refractivity contribution in [2.24, 2.45) is 23.7 Å². The minimum atomic E-state index is -3.89. The van der Waals surface area contributed by atoms with Crippen molar-refractivity contribution in [2.45, 2.75) is 107 Å². The molecular weight excluding hydrogens is 747 g/mol. The number of carbonyl (C=O) groups is 4. The number of ketones is 1. The zero-order valence-electron chi connectivity index (χ0n) is 32.4. The molecule has 3 amide bonds. The SMILES string of the molecule is C=CC[C@@H]1C[C@@]1(NC(=O)[C@@H]1C[C@@H](n2nnc(-c3ccccc3/C=C/c3ccccc3)n2)CC1C(=O)C(NC(=O)OC1CCCC1)C(C)C)C(=O)NS(=O)(=O)C1CC1. The predicted molar refractivity (Wildman–Crippen MR) is 213 cm³/mol. The molecule has 4 fully saturated rings. The fourth-order valence-electron chi connectivity index (χ4n) is 8.30. The Labute approximate surface area is 333 Å². The Morgan fingerprint density at radius 3 is 2.37 bits per heavy atom. The van der Waals surface area contributed by atoms with Gasteiger partial charge in [-0.25, -0.2) is 13.2 Å². The molecule has 302 valence electrons. The molecule has 0 radical (unpaired) electrons. The van der Waals surface area contributed by atoms with Gasteiger partial charge in [0.1, 0.15) is 11.6 Å². The molecule has 15 heteroatoms. The number of hydrogen-bond acceptors (Lipinski definition) is 10. The second-order valence-electron chi connectivity index (χ2n) is 16.2. The molecule has 3 N–H and O–H groups in total. The summed E-state index contributed by atoms with van der Waals surface area (Å²) in [4.78, 5) is 57.2. The predicted octanol–water partition coefficient (Wildman–Crippen LogP) is 5.40. The topological polar surface area (TPSA) is 191 Å². The number of rotatable bonds is 16. The third kappa shape index (κ3) is 9.03. The highest BCUT2D eigenvalue weighted by molar-refractivity contribution is 7.91. The highest BCUT2D eigenvalue weighted by atomic mass is 32.2. The van der Waals surface area contributed by atoms with Gasteiger partial charge in [0, 0.05) is 17.4 Å². The van der Waals surface area contributed by atoms with Gasteiger partial charge >= 0.3 is 6.09 Å². The molecule has 2 aromatic carbocycles. The van der Waals surface area contributed by atoms with Gasteiger partial charge in [-0.3, -0.25) is 19.1 Å². The fourth-order valence-corrected chi connectivity index (χ4v) is 9.66.